The van der Waals surface area contributed by atoms with Gasteiger partial charge in [0, 0.05) is 32.7 Å². The Bertz CT molecular complexity index is 1470. The first-order valence-electron chi connectivity index (χ1n) is 13.4. The van der Waals surface area contributed by atoms with Crippen molar-refractivity contribution < 1.29 is 42.1 Å². The topological polar surface area (TPSA) is 148 Å². The summed E-state index contributed by atoms with van der Waals surface area (Å²) in [6.45, 7) is 1.04. The highest BCUT2D eigenvalue weighted by Crippen LogP contribution is 2.41. The number of nitrogens with zero attached hydrogens (tertiary/aromatic N) is 4. The second kappa shape index (κ2) is 13.6. The molecule has 230 valence electrons. The predicted octanol–water partition coefficient (Wildman–Crippen LogP) is 4.74. The molecular formula is C28H31F3N6O6. The van der Waals surface area contributed by atoms with Crippen LogP contribution in [-0.4, -0.2) is 71.5 Å². The van der Waals surface area contributed by atoms with Crippen molar-refractivity contribution in [3.63, 3.8) is 0 Å². The van der Waals surface area contributed by atoms with E-state index in [2.05, 4.69) is 15.6 Å². The van der Waals surface area contributed by atoms with E-state index in [-0.39, 0.29) is 23.2 Å². The number of carbonyl (C=O) groups excluding carboxylic acids is 2. The quantitative estimate of drug-likeness (QED) is 0.209. The molecule has 0 radical (unpaired) electrons. The number of halogens is 3. The van der Waals surface area contributed by atoms with Crippen molar-refractivity contribution in [2.75, 3.05) is 42.8 Å². The summed E-state index contributed by atoms with van der Waals surface area (Å²) in [5.74, 6) is -1.55. The lowest BCUT2D eigenvalue weighted by Crippen LogP contribution is -2.23. The molecule has 2 amide bonds. The fourth-order valence-corrected chi connectivity index (χ4v) is 4.54. The Balaban J connectivity index is 1.47. The molecule has 3 aromatic rings. The number of carbonyl (C=O) groups is 3. The summed E-state index contributed by atoms with van der Waals surface area (Å²) in [5.41, 5.74) is -0.756. The van der Waals surface area contributed by atoms with E-state index in [4.69, 9.17) is 9.47 Å². The van der Waals surface area contributed by atoms with Gasteiger partial charge in [0.1, 0.15) is 0 Å². The van der Waals surface area contributed by atoms with E-state index in [0.717, 1.165) is 35.9 Å². The van der Waals surface area contributed by atoms with Crippen molar-refractivity contribution in [1.29, 1.82) is 0 Å². The van der Waals surface area contributed by atoms with E-state index in [1.54, 1.807) is 18.3 Å². The first-order chi connectivity index (χ1) is 20.4. The normalized spacial score (nSPS) is 15.1. The van der Waals surface area contributed by atoms with Crippen molar-refractivity contribution in [3.05, 3.63) is 59.4 Å². The number of rotatable bonds is 11. The first-order valence-corrected chi connectivity index (χ1v) is 13.4. The maximum absolute atomic E-state index is 13.7. The third-order valence-electron chi connectivity index (χ3n) is 6.59. The van der Waals surface area contributed by atoms with Crippen molar-refractivity contribution in [2.45, 2.75) is 44.6 Å². The minimum Gasteiger partial charge on any atom is -0.465 e. The Hall–Kier alpha value is -4.50. The maximum Gasteiger partial charge on any atom is 0.418 e. The molecule has 12 nitrogen and oxygen atoms in total. The summed E-state index contributed by atoms with van der Waals surface area (Å²) in [6, 6.07) is 7.90. The molecule has 15 heteroatoms. The second-order valence-corrected chi connectivity index (χ2v) is 9.99. The van der Waals surface area contributed by atoms with Crippen molar-refractivity contribution in [2.24, 2.45) is 0 Å². The molecule has 2 aromatic carbocycles. The van der Waals surface area contributed by atoms with Gasteiger partial charge in [-0.1, -0.05) is 17.3 Å². The smallest absolute Gasteiger partial charge is 0.418 e. The monoisotopic (exact) mass is 604 g/mol. The molecule has 1 aliphatic rings. The van der Waals surface area contributed by atoms with Crippen LogP contribution < -0.4 is 15.5 Å². The average molecular weight is 605 g/mol. The van der Waals surface area contributed by atoms with Crippen LogP contribution >= 0.6 is 0 Å². The predicted molar refractivity (Wildman–Crippen MR) is 150 cm³/mol. The van der Waals surface area contributed by atoms with E-state index in [9.17, 15) is 32.7 Å². The van der Waals surface area contributed by atoms with Gasteiger partial charge in [-0.05, 0) is 43.5 Å². The van der Waals surface area contributed by atoms with E-state index in [0.29, 0.717) is 31.4 Å². The van der Waals surface area contributed by atoms with Gasteiger partial charge < -0.3 is 24.8 Å². The number of Topliss-reactive ketones (excluding diaryl/α,β-unsaturated/α-hetero) is 1. The van der Waals surface area contributed by atoms with Gasteiger partial charge in [-0.25, -0.2) is 9.48 Å². The Kier molecular flexibility index (Phi) is 9.98. The molecule has 2 heterocycles. The van der Waals surface area contributed by atoms with Gasteiger partial charge in [0.15, 0.2) is 12.1 Å². The van der Waals surface area contributed by atoms with Crippen LogP contribution in [0.4, 0.5) is 35.0 Å². The number of anilines is 3. The van der Waals surface area contributed by atoms with E-state index in [1.165, 1.54) is 30.9 Å². The zero-order valence-electron chi connectivity index (χ0n) is 23.5. The van der Waals surface area contributed by atoms with Gasteiger partial charge in [0.25, 0.3) is 0 Å². The van der Waals surface area contributed by atoms with Gasteiger partial charge in [-0.15, -0.1) is 5.10 Å². The zero-order valence-corrected chi connectivity index (χ0v) is 23.5. The minimum atomic E-state index is -4.80. The summed E-state index contributed by atoms with van der Waals surface area (Å²) in [5, 5.41) is 21.4. The molecule has 1 aliphatic heterocycles. The van der Waals surface area contributed by atoms with Crippen molar-refractivity contribution in [1.82, 2.24) is 15.0 Å². The van der Waals surface area contributed by atoms with Gasteiger partial charge in [-0.2, -0.15) is 13.2 Å². The lowest BCUT2D eigenvalue weighted by molar-refractivity contribution is -0.161. The summed E-state index contributed by atoms with van der Waals surface area (Å²) >= 11 is 0. The summed E-state index contributed by atoms with van der Waals surface area (Å²) in [4.78, 5) is 38.2. The lowest BCUT2D eigenvalue weighted by Gasteiger charge is -2.22. The largest absolute Gasteiger partial charge is 0.465 e. The zero-order chi connectivity index (χ0) is 31.1. The number of benzene rings is 2. The number of hydrogen-bond acceptors (Lipinski definition) is 8. The van der Waals surface area contributed by atoms with Crippen LogP contribution in [0.25, 0.3) is 5.69 Å². The van der Waals surface area contributed by atoms with Gasteiger partial charge in [0.05, 0.1) is 53.2 Å². The second-order valence-electron chi connectivity index (χ2n) is 9.99. The fourth-order valence-electron chi connectivity index (χ4n) is 4.54. The molecule has 0 aliphatic carbocycles. The molecule has 0 spiro atoms. The van der Waals surface area contributed by atoms with Gasteiger partial charge >= 0.3 is 12.3 Å². The standard InChI is InChI=1S/C28H31F3N6O6/c1-36(2)23-14-22(34-27(40)41)21(13-20(23)28(29,30)31)33-25(39)15-24(38)17-6-5-7-18(12-17)37-19(16-32-35-37)9-11-43-26-8-3-4-10-42-26/h5-7,12-14,16,26,34H,3-4,8-11,15H2,1-2H3,(H,33,39)(H,40,41). The highest BCUT2D eigenvalue weighted by Gasteiger charge is 2.35. The lowest BCUT2D eigenvalue weighted by atomic mass is 10.1. The molecule has 3 N–H and O–H groups in total. The summed E-state index contributed by atoms with van der Waals surface area (Å²) in [6.07, 6.45) is -2.36. The maximum atomic E-state index is 13.7. The number of aromatic nitrogens is 3. The summed E-state index contributed by atoms with van der Waals surface area (Å²) in [7, 11) is 2.73. The van der Waals surface area contributed by atoms with E-state index >= 15 is 0 Å². The Morgan fingerprint density at radius 2 is 1.91 bits per heavy atom. The third kappa shape index (κ3) is 8.29. The molecular weight excluding hydrogens is 573 g/mol. The van der Waals surface area contributed by atoms with Crippen LogP contribution in [0.3, 0.4) is 0 Å². The Labute approximate surface area is 244 Å². The highest BCUT2D eigenvalue weighted by molar-refractivity contribution is 6.12. The average Bonchev–Trinajstić information content (AvgIpc) is 3.42. The van der Waals surface area contributed by atoms with E-state index in [1.807, 2.05) is 5.32 Å². The Morgan fingerprint density at radius 3 is 2.58 bits per heavy atom. The molecule has 1 fully saturated rings. The number of amides is 2. The molecule has 4 rings (SSSR count). The van der Waals surface area contributed by atoms with Crippen molar-refractivity contribution in [3.8, 4) is 5.69 Å². The third-order valence-corrected chi connectivity index (χ3v) is 6.59. The molecule has 1 unspecified atom stereocenters. The molecule has 1 atom stereocenters. The van der Waals surface area contributed by atoms with Gasteiger partial charge in [-0.3, -0.25) is 14.9 Å². The van der Waals surface area contributed by atoms with Crippen LogP contribution in [0, 0.1) is 0 Å². The number of alkyl halides is 3. The number of hydrogen-bond donors (Lipinski definition) is 3. The van der Waals surface area contributed by atoms with Crippen LogP contribution in [0.5, 0.6) is 0 Å². The number of nitrogens with one attached hydrogen (secondary N) is 2. The Morgan fingerprint density at radius 1 is 1.14 bits per heavy atom. The van der Waals surface area contributed by atoms with E-state index < -0.39 is 41.6 Å². The SMILES string of the molecule is CN(C)c1cc(NC(=O)O)c(NC(=O)CC(=O)c2cccc(-n3nncc3CCOC3CCCCO3)c2)cc1C(F)(F)F. The molecule has 0 saturated carbocycles. The number of ether oxygens (including phenoxy) is 2. The highest BCUT2D eigenvalue weighted by atomic mass is 19.4. The minimum absolute atomic E-state index is 0.156. The van der Waals surface area contributed by atoms with Crippen LogP contribution in [0.1, 0.15) is 47.3 Å². The molecule has 1 saturated heterocycles. The van der Waals surface area contributed by atoms with Crippen molar-refractivity contribution >= 4 is 34.8 Å². The molecule has 1 aromatic heterocycles. The van der Waals surface area contributed by atoms with Gasteiger partial charge in [0.2, 0.25) is 5.91 Å². The number of ketones is 1. The molecule has 0 bridgehead atoms. The molecule has 43 heavy (non-hydrogen) atoms. The van der Waals surface area contributed by atoms with Crippen LogP contribution in [0.15, 0.2) is 42.6 Å². The van der Waals surface area contributed by atoms with Crippen LogP contribution in [-0.2, 0) is 26.9 Å². The number of carboxylic acid groups (broad SMARTS) is 1. The fraction of sp³-hybridized carbons (Fsp3) is 0.393. The first kappa shape index (κ1) is 31.4. The van der Waals surface area contributed by atoms with Crippen LogP contribution in [0.2, 0.25) is 0 Å². The summed E-state index contributed by atoms with van der Waals surface area (Å²) < 4.78 is 54.1.